The van der Waals surface area contributed by atoms with E-state index in [1.54, 1.807) is 12.1 Å². The lowest BCUT2D eigenvalue weighted by Crippen LogP contribution is -2.26. The molecule has 0 heterocycles. The highest BCUT2D eigenvalue weighted by Gasteiger charge is 2.18. The maximum atomic E-state index is 12.9. The van der Waals surface area contributed by atoms with Crippen molar-refractivity contribution in [2.24, 2.45) is 0 Å². The number of benzene rings is 2. The predicted molar refractivity (Wildman–Crippen MR) is 91.3 cm³/mol. The highest BCUT2D eigenvalue weighted by atomic mass is 35.5. The minimum atomic E-state index is -3.93. The standard InChI is InChI=1S/C16H16ClFN2O3S/c17-10-3-11-19-16(21)14-4-1-2-5-15(14)20-24(22,23)13-8-6-12(18)7-9-13/h1-2,4-9,20H,3,10-11H2,(H,19,21). The molecule has 2 N–H and O–H groups in total. The molecule has 2 rings (SSSR count). The Kier molecular flexibility index (Phi) is 6.16. The average Bonchev–Trinajstić information content (AvgIpc) is 2.55. The Bertz CT molecular complexity index is 810. The van der Waals surface area contributed by atoms with Gasteiger partial charge in [0.15, 0.2) is 0 Å². The molecule has 1 amide bonds. The van der Waals surface area contributed by atoms with Gasteiger partial charge in [0.05, 0.1) is 16.1 Å². The Morgan fingerprint density at radius 3 is 2.42 bits per heavy atom. The minimum absolute atomic E-state index is 0.0961. The monoisotopic (exact) mass is 370 g/mol. The fraction of sp³-hybridized carbons (Fsp3) is 0.188. The molecule has 0 bridgehead atoms. The molecule has 128 valence electrons. The summed E-state index contributed by atoms with van der Waals surface area (Å²) in [5.41, 5.74) is 0.336. The zero-order valence-electron chi connectivity index (χ0n) is 12.6. The van der Waals surface area contributed by atoms with Crippen LogP contribution in [0.15, 0.2) is 53.4 Å². The molecule has 0 aliphatic carbocycles. The second-order valence-corrected chi connectivity index (χ2v) is 6.96. The van der Waals surface area contributed by atoms with E-state index in [0.717, 1.165) is 24.3 Å². The van der Waals surface area contributed by atoms with Crippen LogP contribution in [0, 0.1) is 5.82 Å². The molecular weight excluding hydrogens is 355 g/mol. The van der Waals surface area contributed by atoms with Gasteiger partial charge in [0.1, 0.15) is 5.82 Å². The smallest absolute Gasteiger partial charge is 0.261 e. The molecule has 5 nitrogen and oxygen atoms in total. The van der Waals surface area contributed by atoms with Crippen molar-refractivity contribution >= 4 is 33.2 Å². The van der Waals surface area contributed by atoms with E-state index in [4.69, 9.17) is 11.6 Å². The predicted octanol–water partition coefficient (Wildman–Crippen LogP) is 2.99. The fourth-order valence-electron chi connectivity index (χ4n) is 1.95. The summed E-state index contributed by atoms with van der Waals surface area (Å²) in [4.78, 5) is 12.1. The number of anilines is 1. The van der Waals surface area contributed by atoms with Crippen LogP contribution in [0.2, 0.25) is 0 Å². The summed E-state index contributed by atoms with van der Waals surface area (Å²) in [7, 11) is -3.93. The Balaban J connectivity index is 2.23. The number of rotatable bonds is 7. The number of amides is 1. The van der Waals surface area contributed by atoms with Crippen LogP contribution in [0.4, 0.5) is 10.1 Å². The lowest BCUT2D eigenvalue weighted by Gasteiger charge is -2.12. The third kappa shape index (κ3) is 4.69. The van der Waals surface area contributed by atoms with Crippen molar-refractivity contribution in [2.45, 2.75) is 11.3 Å². The van der Waals surface area contributed by atoms with E-state index in [-0.39, 0.29) is 16.1 Å². The Morgan fingerprint density at radius 1 is 1.08 bits per heavy atom. The molecule has 0 spiro atoms. The van der Waals surface area contributed by atoms with Crippen molar-refractivity contribution in [1.82, 2.24) is 5.32 Å². The normalized spacial score (nSPS) is 11.1. The SMILES string of the molecule is O=C(NCCCCl)c1ccccc1NS(=O)(=O)c1ccc(F)cc1. The Labute approximate surface area is 144 Å². The number of para-hydroxylation sites is 1. The van der Waals surface area contributed by atoms with Gasteiger partial charge in [0.2, 0.25) is 0 Å². The van der Waals surface area contributed by atoms with E-state index < -0.39 is 21.7 Å². The van der Waals surface area contributed by atoms with Gasteiger partial charge in [-0.2, -0.15) is 0 Å². The summed E-state index contributed by atoms with van der Waals surface area (Å²) in [5.74, 6) is -0.524. The van der Waals surface area contributed by atoms with E-state index in [1.165, 1.54) is 12.1 Å². The van der Waals surface area contributed by atoms with Crippen LogP contribution in [0.3, 0.4) is 0 Å². The summed E-state index contributed by atoms with van der Waals surface area (Å²) in [6.45, 7) is 0.390. The number of halogens is 2. The van der Waals surface area contributed by atoms with Crippen LogP contribution in [-0.4, -0.2) is 26.7 Å². The first kappa shape index (κ1) is 18.2. The lowest BCUT2D eigenvalue weighted by atomic mass is 10.1. The Morgan fingerprint density at radius 2 is 1.75 bits per heavy atom. The molecule has 2 aromatic rings. The molecule has 0 aliphatic heterocycles. The molecule has 0 aliphatic rings. The van der Waals surface area contributed by atoms with Crippen molar-refractivity contribution in [3.63, 3.8) is 0 Å². The maximum absolute atomic E-state index is 12.9. The largest absolute Gasteiger partial charge is 0.352 e. The molecule has 0 radical (unpaired) electrons. The third-order valence-electron chi connectivity index (χ3n) is 3.14. The summed E-state index contributed by atoms with van der Waals surface area (Å²) in [6, 6.07) is 10.7. The molecule has 0 unspecified atom stereocenters. The van der Waals surface area contributed by atoms with E-state index in [1.807, 2.05) is 0 Å². The van der Waals surface area contributed by atoms with Crippen molar-refractivity contribution in [3.8, 4) is 0 Å². The van der Waals surface area contributed by atoms with Gasteiger partial charge in [-0.05, 0) is 42.8 Å². The van der Waals surface area contributed by atoms with Crippen LogP contribution < -0.4 is 10.0 Å². The zero-order valence-corrected chi connectivity index (χ0v) is 14.2. The van der Waals surface area contributed by atoms with E-state index in [9.17, 15) is 17.6 Å². The number of sulfonamides is 1. The fourth-order valence-corrected chi connectivity index (χ4v) is 3.16. The summed E-state index contributed by atoms with van der Waals surface area (Å²) >= 11 is 5.56. The first-order valence-corrected chi connectivity index (χ1v) is 9.17. The van der Waals surface area contributed by atoms with E-state index in [2.05, 4.69) is 10.0 Å². The first-order chi connectivity index (χ1) is 11.4. The van der Waals surface area contributed by atoms with Crippen LogP contribution in [-0.2, 0) is 10.0 Å². The number of carbonyl (C=O) groups is 1. The Hall–Kier alpha value is -2.12. The van der Waals surface area contributed by atoms with Gasteiger partial charge in [-0.15, -0.1) is 11.6 Å². The van der Waals surface area contributed by atoms with Crippen LogP contribution >= 0.6 is 11.6 Å². The van der Waals surface area contributed by atoms with Gasteiger partial charge in [0, 0.05) is 12.4 Å². The highest BCUT2D eigenvalue weighted by Crippen LogP contribution is 2.20. The third-order valence-corrected chi connectivity index (χ3v) is 4.78. The molecule has 0 fully saturated rings. The quantitative estimate of drug-likeness (QED) is 0.581. The molecule has 0 saturated carbocycles. The minimum Gasteiger partial charge on any atom is -0.352 e. The van der Waals surface area contributed by atoms with Gasteiger partial charge in [-0.1, -0.05) is 12.1 Å². The van der Waals surface area contributed by atoms with E-state index >= 15 is 0 Å². The maximum Gasteiger partial charge on any atom is 0.261 e. The van der Waals surface area contributed by atoms with E-state index in [0.29, 0.717) is 18.8 Å². The second-order valence-electron chi connectivity index (χ2n) is 4.90. The topological polar surface area (TPSA) is 75.3 Å². The summed E-state index contributed by atoms with van der Waals surface area (Å²) in [5, 5.41) is 2.67. The van der Waals surface area contributed by atoms with Crippen molar-refractivity contribution in [1.29, 1.82) is 0 Å². The van der Waals surface area contributed by atoms with Gasteiger partial charge < -0.3 is 5.32 Å². The van der Waals surface area contributed by atoms with Crippen LogP contribution in [0.5, 0.6) is 0 Å². The van der Waals surface area contributed by atoms with Gasteiger partial charge >= 0.3 is 0 Å². The van der Waals surface area contributed by atoms with Gasteiger partial charge in [-0.25, -0.2) is 12.8 Å². The number of alkyl halides is 1. The lowest BCUT2D eigenvalue weighted by molar-refractivity contribution is 0.0954. The van der Waals surface area contributed by atoms with Crippen molar-refractivity contribution in [3.05, 3.63) is 59.9 Å². The first-order valence-electron chi connectivity index (χ1n) is 7.15. The number of hydrogen-bond donors (Lipinski definition) is 2. The second kappa shape index (κ2) is 8.12. The molecule has 2 aromatic carbocycles. The summed E-state index contributed by atoms with van der Waals surface area (Å²) < 4.78 is 40.0. The van der Waals surface area contributed by atoms with Crippen molar-refractivity contribution < 1.29 is 17.6 Å². The van der Waals surface area contributed by atoms with Gasteiger partial charge in [-0.3, -0.25) is 9.52 Å². The molecule has 0 atom stereocenters. The van der Waals surface area contributed by atoms with Crippen LogP contribution in [0.25, 0.3) is 0 Å². The molecule has 24 heavy (non-hydrogen) atoms. The molecule has 8 heteroatoms. The number of hydrogen-bond acceptors (Lipinski definition) is 3. The molecular formula is C16H16ClFN2O3S. The molecule has 0 saturated heterocycles. The number of carbonyl (C=O) groups excluding carboxylic acids is 1. The zero-order chi connectivity index (χ0) is 17.6. The van der Waals surface area contributed by atoms with Gasteiger partial charge in [0.25, 0.3) is 15.9 Å². The molecule has 0 aromatic heterocycles. The van der Waals surface area contributed by atoms with Crippen LogP contribution in [0.1, 0.15) is 16.8 Å². The number of nitrogens with one attached hydrogen (secondary N) is 2. The summed E-state index contributed by atoms with van der Waals surface area (Å²) in [6.07, 6.45) is 0.608. The highest BCUT2D eigenvalue weighted by molar-refractivity contribution is 7.92. The van der Waals surface area contributed by atoms with Crippen molar-refractivity contribution in [2.75, 3.05) is 17.1 Å². The average molecular weight is 371 g/mol.